The van der Waals surface area contributed by atoms with E-state index in [4.69, 9.17) is 9.47 Å². The molecule has 100 valence electrons. The molecule has 2 rings (SSSR count). The molecule has 2 fully saturated rings. The van der Waals surface area contributed by atoms with Crippen LogP contribution in [0.25, 0.3) is 0 Å². The first-order valence-corrected chi connectivity index (χ1v) is 6.82. The molecule has 0 amide bonds. The van der Waals surface area contributed by atoms with E-state index in [9.17, 15) is 5.11 Å². The van der Waals surface area contributed by atoms with Crippen LogP contribution in [0.4, 0.5) is 0 Å². The maximum Gasteiger partial charge on any atom is 0.163 e. The number of aliphatic hydroxyl groups excluding tert-OH is 1. The van der Waals surface area contributed by atoms with Gasteiger partial charge in [0.05, 0.1) is 12.7 Å². The van der Waals surface area contributed by atoms with Gasteiger partial charge in [-0.25, -0.2) is 0 Å². The number of hydrogen-bond donors (Lipinski definition) is 1. The molecule has 0 unspecified atom stereocenters. The van der Waals surface area contributed by atoms with Crippen molar-refractivity contribution < 1.29 is 14.6 Å². The van der Waals surface area contributed by atoms with E-state index in [1.165, 1.54) is 6.42 Å². The normalized spacial score (nSPS) is 45.4. The SMILES string of the molecule is C[C@@H]1CC[C@@H]2OC(C)(C)OC[C@@H]2[C@]1(C)CCO. The Morgan fingerprint density at radius 2 is 1.94 bits per heavy atom. The fourth-order valence-corrected chi connectivity index (χ4v) is 3.54. The monoisotopic (exact) mass is 242 g/mol. The predicted octanol–water partition coefficient (Wildman–Crippen LogP) is 2.57. The number of rotatable bonds is 2. The summed E-state index contributed by atoms with van der Waals surface area (Å²) in [6.45, 7) is 9.59. The summed E-state index contributed by atoms with van der Waals surface area (Å²) in [7, 11) is 0. The third-order valence-electron chi connectivity index (χ3n) is 5.00. The molecule has 2 aliphatic rings. The van der Waals surface area contributed by atoms with Gasteiger partial charge >= 0.3 is 0 Å². The topological polar surface area (TPSA) is 38.7 Å². The van der Waals surface area contributed by atoms with Crippen molar-refractivity contribution in [2.24, 2.45) is 17.3 Å². The van der Waals surface area contributed by atoms with E-state index in [1.807, 2.05) is 13.8 Å². The molecule has 0 bridgehead atoms. The van der Waals surface area contributed by atoms with Crippen LogP contribution in [0.15, 0.2) is 0 Å². The van der Waals surface area contributed by atoms with Gasteiger partial charge in [-0.15, -0.1) is 0 Å². The van der Waals surface area contributed by atoms with E-state index >= 15 is 0 Å². The highest BCUT2D eigenvalue weighted by Crippen LogP contribution is 2.51. The summed E-state index contributed by atoms with van der Waals surface area (Å²) in [4.78, 5) is 0. The third-order valence-corrected chi connectivity index (χ3v) is 5.00. The molecule has 4 atom stereocenters. The Kier molecular flexibility index (Phi) is 3.54. The summed E-state index contributed by atoms with van der Waals surface area (Å²) in [5.41, 5.74) is 0.147. The van der Waals surface area contributed by atoms with Crippen molar-refractivity contribution in [3.63, 3.8) is 0 Å². The fourth-order valence-electron chi connectivity index (χ4n) is 3.54. The molecule has 1 N–H and O–H groups in total. The van der Waals surface area contributed by atoms with Gasteiger partial charge in [-0.3, -0.25) is 0 Å². The zero-order valence-electron chi connectivity index (χ0n) is 11.5. The molecule has 1 saturated carbocycles. The molecule has 1 aliphatic carbocycles. The molecule has 3 nitrogen and oxygen atoms in total. The maximum absolute atomic E-state index is 9.31. The lowest BCUT2D eigenvalue weighted by atomic mass is 9.59. The second kappa shape index (κ2) is 4.52. The van der Waals surface area contributed by atoms with Crippen LogP contribution in [0.3, 0.4) is 0 Å². The average Bonchev–Trinajstić information content (AvgIpc) is 2.23. The van der Waals surface area contributed by atoms with Gasteiger partial charge in [-0.1, -0.05) is 13.8 Å². The van der Waals surface area contributed by atoms with Gasteiger partial charge < -0.3 is 14.6 Å². The molecule has 1 heterocycles. The lowest BCUT2D eigenvalue weighted by Gasteiger charge is -2.54. The van der Waals surface area contributed by atoms with Gasteiger partial charge in [-0.2, -0.15) is 0 Å². The molecule has 0 aromatic heterocycles. The first-order chi connectivity index (χ1) is 7.89. The van der Waals surface area contributed by atoms with Gasteiger partial charge in [0.1, 0.15) is 0 Å². The Bertz CT molecular complexity index is 277. The van der Waals surface area contributed by atoms with E-state index < -0.39 is 5.79 Å². The van der Waals surface area contributed by atoms with Gasteiger partial charge in [0.25, 0.3) is 0 Å². The summed E-state index contributed by atoms with van der Waals surface area (Å²) in [6.07, 6.45) is 3.46. The maximum atomic E-state index is 9.31. The fraction of sp³-hybridized carbons (Fsp3) is 1.00. The van der Waals surface area contributed by atoms with E-state index in [1.54, 1.807) is 0 Å². The van der Waals surface area contributed by atoms with Crippen LogP contribution >= 0.6 is 0 Å². The summed E-state index contributed by atoms with van der Waals surface area (Å²) >= 11 is 0. The van der Waals surface area contributed by atoms with Crippen LogP contribution in [0.1, 0.15) is 47.0 Å². The minimum Gasteiger partial charge on any atom is -0.396 e. The summed E-state index contributed by atoms with van der Waals surface area (Å²) < 4.78 is 11.9. The molecule has 0 spiro atoms. The van der Waals surface area contributed by atoms with E-state index in [0.29, 0.717) is 17.9 Å². The number of fused-ring (bicyclic) bond motifs is 1. The molecule has 1 saturated heterocycles. The second-order valence-corrected chi connectivity index (χ2v) is 6.43. The van der Waals surface area contributed by atoms with Crippen molar-refractivity contribution in [3.8, 4) is 0 Å². The molecule has 3 heteroatoms. The van der Waals surface area contributed by atoms with Crippen LogP contribution in [-0.4, -0.2) is 30.2 Å². The summed E-state index contributed by atoms with van der Waals surface area (Å²) in [6, 6.07) is 0. The lowest BCUT2D eigenvalue weighted by molar-refractivity contribution is -0.318. The first-order valence-electron chi connectivity index (χ1n) is 6.82. The molecule has 1 aliphatic heterocycles. The van der Waals surface area contributed by atoms with Gasteiger partial charge in [0.2, 0.25) is 0 Å². The highest BCUT2D eigenvalue weighted by Gasteiger charge is 2.50. The highest BCUT2D eigenvalue weighted by atomic mass is 16.7. The second-order valence-electron chi connectivity index (χ2n) is 6.43. The van der Waals surface area contributed by atoms with Crippen LogP contribution in [0.5, 0.6) is 0 Å². The minimum atomic E-state index is -0.443. The molecule has 17 heavy (non-hydrogen) atoms. The third kappa shape index (κ3) is 2.38. The molecule has 0 aromatic rings. The molecule has 0 aromatic carbocycles. The van der Waals surface area contributed by atoms with Crippen molar-refractivity contribution in [1.82, 2.24) is 0 Å². The van der Waals surface area contributed by atoms with E-state index in [0.717, 1.165) is 19.4 Å². The Hall–Kier alpha value is -0.120. The van der Waals surface area contributed by atoms with Crippen LogP contribution < -0.4 is 0 Å². The molecular formula is C14H26O3. The number of aliphatic hydroxyl groups is 1. The van der Waals surface area contributed by atoms with Crippen LogP contribution in [0, 0.1) is 17.3 Å². The van der Waals surface area contributed by atoms with Gasteiger partial charge in [-0.05, 0) is 44.4 Å². The summed E-state index contributed by atoms with van der Waals surface area (Å²) in [5.74, 6) is 0.609. The molecule has 0 radical (unpaired) electrons. The van der Waals surface area contributed by atoms with Gasteiger partial charge in [0.15, 0.2) is 5.79 Å². The summed E-state index contributed by atoms with van der Waals surface area (Å²) in [5, 5.41) is 9.31. The van der Waals surface area contributed by atoms with Crippen molar-refractivity contribution in [2.75, 3.05) is 13.2 Å². The largest absolute Gasteiger partial charge is 0.396 e. The van der Waals surface area contributed by atoms with E-state index in [-0.39, 0.29) is 12.0 Å². The first kappa shape index (κ1) is 13.3. The Morgan fingerprint density at radius 3 is 2.59 bits per heavy atom. The standard InChI is InChI=1S/C14H26O3/c1-10-5-6-12-11(14(10,4)7-8-15)9-16-13(2,3)17-12/h10-12,15H,5-9H2,1-4H3/t10-,11+,12+,14-/m1/s1. The quantitative estimate of drug-likeness (QED) is 0.809. The Balaban J connectivity index is 2.17. The lowest BCUT2D eigenvalue weighted by Crippen LogP contribution is -2.55. The van der Waals surface area contributed by atoms with Crippen molar-refractivity contribution in [3.05, 3.63) is 0 Å². The van der Waals surface area contributed by atoms with Gasteiger partial charge in [0, 0.05) is 12.5 Å². The highest BCUT2D eigenvalue weighted by molar-refractivity contribution is 4.97. The van der Waals surface area contributed by atoms with Crippen molar-refractivity contribution >= 4 is 0 Å². The van der Waals surface area contributed by atoms with Crippen molar-refractivity contribution in [1.29, 1.82) is 0 Å². The van der Waals surface area contributed by atoms with Crippen molar-refractivity contribution in [2.45, 2.75) is 58.8 Å². The predicted molar refractivity (Wildman–Crippen MR) is 66.6 cm³/mol. The number of hydrogen-bond acceptors (Lipinski definition) is 3. The van der Waals surface area contributed by atoms with Crippen LogP contribution in [0.2, 0.25) is 0 Å². The van der Waals surface area contributed by atoms with Crippen LogP contribution in [-0.2, 0) is 9.47 Å². The Labute approximate surface area is 104 Å². The zero-order chi connectivity index (χ0) is 12.7. The van der Waals surface area contributed by atoms with E-state index in [2.05, 4.69) is 13.8 Å². The average molecular weight is 242 g/mol. The molecular weight excluding hydrogens is 216 g/mol. The minimum absolute atomic E-state index is 0.147. The smallest absolute Gasteiger partial charge is 0.163 e. The number of ether oxygens (including phenoxy) is 2. The Morgan fingerprint density at radius 1 is 1.24 bits per heavy atom. The zero-order valence-corrected chi connectivity index (χ0v) is 11.5.